The summed E-state index contributed by atoms with van der Waals surface area (Å²) in [4.78, 5) is 0. The lowest BCUT2D eigenvalue weighted by Gasteiger charge is -2.33. The van der Waals surface area contributed by atoms with Crippen molar-refractivity contribution in [1.29, 1.82) is 0 Å². The molecule has 122 valence electrons. The van der Waals surface area contributed by atoms with Gasteiger partial charge in [-0.15, -0.1) is 0 Å². The van der Waals surface area contributed by atoms with Crippen molar-refractivity contribution in [1.82, 2.24) is 9.03 Å². The van der Waals surface area contributed by atoms with Crippen molar-refractivity contribution >= 4 is 10.2 Å². The maximum absolute atomic E-state index is 12.4. The van der Waals surface area contributed by atoms with Crippen LogP contribution in [0.25, 0.3) is 0 Å². The standard InChI is InChI=1S/C15H22N2O4S/c1-12-6-4-5-9-17(12)22(18,19)16-10-13-11-20-14-7-2-3-8-15(14)21-13/h2-3,7-8,12-13,16H,4-6,9-11H2,1H3/t12-,13+/m1/s1. The van der Waals surface area contributed by atoms with Gasteiger partial charge in [0.25, 0.3) is 10.2 Å². The first-order valence-corrected chi connectivity index (χ1v) is 9.15. The number of fused-ring (bicyclic) bond motifs is 1. The molecule has 2 aliphatic heterocycles. The van der Waals surface area contributed by atoms with E-state index in [9.17, 15) is 8.42 Å². The fraction of sp³-hybridized carbons (Fsp3) is 0.600. The quantitative estimate of drug-likeness (QED) is 0.911. The number of hydrogen-bond donors (Lipinski definition) is 1. The van der Waals surface area contributed by atoms with Crippen molar-refractivity contribution in [3.63, 3.8) is 0 Å². The summed E-state index contributed by atoms with van der Waals surface area (Å²) in [6, 6.07) is 7.46. The zero-order valence-electron chi connectivity index (χ0n) is 12.7. The fourth-order valence-corrected chi connectivity index (χ4v) is 4.38. The van der Waals surface area contributed by atoms with Gasteiger partial charge in [-0.05, 0) is 31.9 Å². The predicted molar refractivity (Wildman–Crippen MR) is 83.3 cm³/mol. The minimum Gasteiger partial charge on any atom is -0.486 e. The van der Waals surface area contributed by atoms with Gasteiger partial charge in [-0.25, -0.2) is 0 Å². The van der Waals surface area contributed by atoms with Gasteiger partial charge in [-0.3, -0.25) is 0 Å². The lowest BCUT2D eigenvalue weighted by Crippen LogP contribution is -2.50. The highest BCUT2D eigenvalue weighted by Crippen LogP contribution is 2.30. The lowest BCUT2D eigenvalue weighted by atomic mass is 10.1. The SMILES string of the molecule is C[C@@H]1CCCCN1S(=O)(=O)NC[C@H]1COc2ccccc2O1. The highest BCUT2D eigenvalue weighted by Gasteiger charge is 2.30. The molecular weight excluding hydrogens is 304 g/mol. The van der Waals surface area contributed by atoms with Crippen LogP contribution in [0.3, 0.4) is 0 Å². The highest BCUT2D eigenvalue weighted by molar-refractivity contribution is 7.87. The molecule has 2 aliphatic rings. The number of nitrogens with zero attached hydrogens (tertiary/aromatic N) is 1. The Balaban J connectivity index is 1.58. The Hall–Kier alpha value is -1.31. The number of nitrogens with one attached hydrogen (secondary N) is 1. The molecule has 1 fully saturated rings. The Kier molecular flexibility index (Phi) is 4.56. The van der Waals surface area contributed by atoms with Gasteiger partial charge >= 0.3 is 0 Å². The number of piperidine rings is 1. The second-order valence-electron chi connectivity index (χ2n) is 5.81. The molecule has 0 aliphatic carbocycles. The van der Waals surface area contributed by atoms with E-state index < -0.39 is 10.2 Å². The van der Waals surface area contributed by atoms with Gasteiger partial charge < -0.3 is 9.47 Å². The molecule has 1 aromatic carbocycles. The van der Waals surface area contributed by atoms with Crippen molar-refractivity contribution in [3.05, 3.63) is 24.3 Å². The Morgan fingerprint density at radius 1 is 1.27 bits per heavy atom. The van der Waals surface area contributed by atoms with Crippen molar-refractivity contribution < 1.29 is 17.9 Å². The smallest absolute Gasteiger partial charge is 0.279 e. The summed E-state index contributed by atoms with van der Waals surface area (Å²) < 4.78 is 40.4. The van der Waals surface area contributed by atoms with Crippen molar-refractivity contribution in [2.24, 2.45) is 0 Å². The summed E-state index contributed by atoms with van der Waals surface area (Å²) in [6.45, 7) is 3.09. The molecule has 7 heteroatoms. The van der Waals surface area contributed by atoms with Crippen LogP contribution in [0.5, 0.6) is 11.5 Å². The summed E-state index contributed by atoms with van der Waals surface area (Å²) in [7, 11) is -3.46. The Labute approximate surface area is 131 Å². The van der Waals surface area contributed by atoms with E-state index in [2.05, 4.69) is 4.72 Å². The molecule has 0 aromatic heterocycles. The molecule has 22 heavy (non-hydrogen) atoms. The second kappa shape index (κ2) is 6.44. The van der Waals surface area contributed by atoms with Crippen LogP contribution in [0.1, 0.15) is 26.2 Å². The summed E-state index contributed by atoms with van der Waals surface area (Å²) in [5.74, 6) is 1.36. The third-order valence-corrected chi connectivity index (χ3v) is 5.80. The van der Waals surface area contributed by atoms with Crippen LogP contribution >= 0.6 is 0 Å². The van der Waals surface area contributed by atoms with E-state index in [1.165, 1.54) is 0 Å². The summed E-state index contributed by atoms with van der Waals surface area (Å²) in [5, 5.41) is 0. The molecule has 2 heterocycles. The van der Waals surface area contributed by atoms with Crippen LogP contribution in [0.2, 0.25) is 0 Å². The molecule has 3 rings (SSSR count). The first kappa shape index (κ1) is 15.6. The van der Waals surface area contributed by atoms with E-state index in [0.29, 0.717) is 24.7 Å². The van der Waals surface area contributed by atoms with Gasteiger partial charge in [0.05, 0.1) is 6.54 Å². The van der Waals surface area contributed by atoms with E-state index in [1.54, 1.807) is 4.31 Å². The maximum Gasteiger partial charge on any atom is 0.279 e. The van der Waals surface area contributed by atoms with Crippen molar-refractivity contribution in [2.75, 3.05) is 19.7 Å². The van der Waals surface area contributed by atoms with Crippen LogP contribution in [-0.4, -0.2) is 44.6 Å². The van der Waals surface area contributed by atoms with Gasteiger partial charge in [0.2, 0.25) is 0 Å². The number of benzene rings is 1. The van der Waals surface area contributed by atoms with E-state index in [1.807, 2.05) is 31.2 Å². The minimum absolute atomic E-state index is 0.0514. The number of para-hydroxylation sites is 2. The molecular formula is C15H22N2O4S. The molecule has 2 atom stereocenters. The first-order valence-electron chi connectivity index (χ1n) is 7.71. The molecule has 0 unspecified atom stereocenters. The van der Waals surface area contributed by atoms with Gasteiger partial charge in [0, 0.05) is 12.6 Å². The summed E-state index contributed by atoms with van der Waals surface area (Å²) >= 11 is 0. The average Bonchev–Trinajstić information content (AvgIpc) is 2.53. The van der Waals surface area contributed by atoms with Crippen LogP contribution in [-0.2, 0) is 10.2 Å². The largest absolute Gasteiger partial charge is 0.486 e. The molecule has 1 aromatic rings. The number of hydrogen-bond acceptors (Lipinski definition) is 4. The molecule has 1 saturated heterocycles. The van der Waals surface area contributed by atoms with Gasteiger partial charge in [0.15, 0.2) is 11.5 Å². The molecule has 0 saturated carbocycles. The molecule has 0 amide bonds. The van der Waals surface area contributed by atoms with Crippen molar-refractivity contribution in [3.8, 4) is 11.5 Å². The van der Waals surface area contributed by atoms with Gasteiger partial charge in [-0.2, -0.15) is 17.4 Å². The Bertz CT molecular complexity index is 620. The second-order valence-corrected chi connectivity index (χ2v) is 7.51. The van der Waals surface area contributed by atoms with Crippen molar-refractivity contribution in [2.45, 2.75) is 38.3 Å². The average molecular weight is 326 g/mol. The maximum atomic E-state index is 12.4. The molecule has 0 bridgehead atoms. The molecule has 0 spiro atoms. The number of rotatable bonds is 4. The molecule has 1 N–H and O–H groups in total. The van der Waals surface area contributed by atoms with Gasteiger partial charge in [-0.1, -0.05) is 18.6 Å². The topological polar surface area (TPSA) is 67.9 Å². The van der Waals surface area contributed by atoms with E-state index in [4.69, 9.17) is 9.47 Å². The van der Waals surface area contributed by atoms with Gasteiger partial charge in [0.1, 0.15) is 12.7 Å². The zero-order chi connectivity index (χ0) is 15.6. The first-order chi connectivity index (χ1) is 10.6. The molecule has 6 nitrogen and oxygen atoms in total. The number of ether oxygens (including phenoxy) is 2. The fourth-order valence-electron chi connectivity index (χ4n) is 2.87. The van der Waals surface area contributed by atoms with Crippen LogP contribution < -0.4 is 14.2 Å². The van der Waals surface area contributed by atoms with Crippen LogP contribution in [0.15, 0.2) is 24.3 Å². The Morgan fingerprint density at radius 2 is 2.05 bits per heavy atom. The predicted octanol–water partition coefficient (Wildman–Crippen LogP) is 1.54. The third-order valence-electron chi connectivity index (χ3n) is 4.11. The monoisotopic (exact) mass is 326 g/mol. The van der Waals surface area contributed by atoms with Crippen LogP contribution in [0.4, 0.5) is 0 Å². The minimum atomic E-state index is -3.46. The summed E-state index contributed by atoms with van der Waals surface area (Å²) in [6.07, 6.45) is 2.60. The normalized spacial score (nSPS) is 25.9. The van der Waals surface area contributed by atoms with E-state index >= 15 is 0 Å². The Morgan fingerprint density at radius 3 is 2.82 bits per heavy atom. The van der Waals surface area contributed by atoms with E-state index in [-0.39, 0.29) is 18.7 Å². The third kappa shape index (κ3) is 3.37. The van der Waals surface area contributed by atoms with Crippen LogP contribution in [0, 0.1) is 0 Å². The highest BCUT2D eigenvalue weighted by atomic mass is 32.2. The molecule has 0 radical (unpaired) electrons. The van der Waals surface area contributed by atoms with E-state index in [0.717, 1.165) is 19.3 Å². The lowest BCUT2D eigenvalue weighted by molar-refractivity contribution is 0.0937. The zero-order valence-corrected chi connectivity index (χ0v) is 13.5. The summed E-state index contributed by atoms with van der Waals surface area (Å²) in [5.41, 5.74) is 0.